The maximum atomic E-state index is 12.5. The van der Waals surface area contributed by atoms with Gasteiger partial charge in [-0.05, 0) is 25.2 Å². The fourth-order valence-corrected chi connectivity index (χ4v) is 3.42. The molecule has 1 amide bonds. The standard InChI is InChI=1S/C18H28N4O4/c1-21-7-6-19-17(18(21)24)20-12-15-13-22(8-11-26-15)16(23)3-2-14-4-9-25-10-5-14/h6-7,14-15H,2-5,8-13H2,1H3,(H,19,20)/t15-/m0/s1. The van der Waals surface area contributed by atoms with E-state index in [1.807, 2.05) is 4.90 Å². The molecular formula is C18H28N4O4. The van der Waals surface area contributed by atoms with Crippen molar-refractivity contribution in [2.45, 2.75) is 31.8 Å². The molecular weight excluding hydrogens is 336 g/mol. The van der Waals surface area contributed by atoms with Gasteiger partial charge in [-0.3, -0.25) is 9.59 Å². The van der Waals surface area contributed by atoms with Gasteiger partial charge < -0.3 is 24.3 Å². The zero-order chi connectivity index (χ0) is 18.4. The van der Waals surface area contributed by atoms with Crippen molar-refractivity contribution in [3.8, 4) is 0 Å². The number of aromatic nitrogens is 2. The molecule has 26 heavy (non-hydrogen) atoms. The summed E-state index contributed by atoms with van der Waals surface area (Å²) in [7, 11) is 1.69. The quantitative estimate of drug-likeness (QED) is 0.797. The number of carbonyl (C=O) groups is 1. The van der Waals surface area contributed by atoms with E-state index in [-0.39, 0.29) is 17.6 Å². The molecule has 144 valence electrons. The van der Waals surface area contributed by atoms with E-state index in [1.165, 1.54) is 4.57 Å². The Morgan fingerprint density at radius 2 is 2.15 bits per heavy atom. The smallest absolute Gasteiger partial charge is 0.293 e. The minimum atomic E-state index is -0.173. The van der Waals surface area contributed by atoms with Gasteiger partial charge in [-0.1, -0.05) is 0 Å². The van der Waals surface area contributed by atoms with Gasteiger partial charge in [-0.15, -0.1) is 0 Å². The van der Waals surface area contributed by atoms with Gasteiger partial charge in [0.15, 0.2) is 5.82 Å². The van der Waals surface area contributed by atoms with Crippen LogP contribution in [-0.4, -0.2) is 65.9 Å². The van der Waals surface area contributed by atoms with E-state index in [0.29, 0.717) is 44.4 Å². The van der Waals surface area contributed by atoms with Crippen molar-refractivity contribution in [2.24, 2.45) is 13.0 Å². The molecule has 2 aliphatic heterocycles. The summed E-state index contributed by atoms with van der Waals surface area (Å²) in [5.74, 6) is 1.10. The predicted octanol–water partition coefficient (Wildman–Crippen LogP) is 0.626. The molecule has 1 aromatic rings. The number of hydrogen-bond donors (Lipinski definition) is 1. The van der Waals surface area contributed by atoms with Gasteiger partial charge in [-0.25, -0.2) is 4.98 Å². The highest BCUT2D eigenvalue weighted by atomic mass is 16.5. The Kier molecular flexibility index (Phi) is 6.62. The normalized spacial score (nSPS) is 21.6. The van der Waals surface area contributed by atoms with E-state index < -0.39 is 0 Å². The third kappa shape index (κ3) is 5.04. The van der Waals surface area contributed by atoms with E-state index in [4.69, 9.17) is 9.47 Å². The summed E-state index contributed by atoms with van der Waals surface area (Å²) >= 11 is 0. The fraction of sp³-hybridized carbons (Fsp3) is 0.722. The number of rotatable bonds is 6. The fourth-order valence-electron chi connectivity index (χ4n) is 3.42. The molecule has 0 bridgehead atoms. The number of hydrogen-bond acceptors (Lipinski definition) is 6. The van der Waals surface area contributed by atoms with E-state index in [9.17, 15) is 9.59 Å². The van der Waals surface area contributed by atoms with E-state index >= 15 is 0 Å². The van der Waals surface area contributed by atoms with Crippen LogP contribution in [0.15, 0.2) is 17.2 Å². The molecule has 0 saturated carbocycles. The zero-order valence-corrected chi connectivity index (χ0v) is 15.4. The molecule has 1 aromatic heterocycles. The largest absolute Gasteiger partial charge is 0.381 e. The number of amides is 1. The Hall–Kier alpha value is -1.93. The summed E-state index contributed by atoms with van der Waals surface area (Å²) in [6, 6.07) is 0. The van der Waals surface area contributed by atoms with Crippen molar-refractivity contribution in [1.29, 1.82) is 0 Å². The van der Waals surface area contributed by atoms with Crippen LogP contribution in [0.1, 0.15) is 25.7 Å². The van der Waals surface area contributed by atoms with Gasteiger partial charge in [0, 0.05) is 58.7 Å². The Morgan fingerprint density at radius 1 is 1.35 bits per heavy atom. The van der Waals surface area contributed by atoms with Crippen LogP contribution >= 0.6 is 0 Å². The third-order valence-electron chi connectivity index (χ3n) is 5.11. The molecule has 2 aliphatic rings. The maximum absolute atomic E-state index is 12.5. The lowest BCUT2D eigenvalue weighted by Crippen LogP contribution is -2.48. The molecule has 8 nitrogen and oxygen atoms in total. The molecule has 8 heteroatoms. The highest BCUT2D eigenvalue weighted by Crippen LogP contribution is 2.21. The van der Waals surface area contributed by atoms with Gasteiger partial charge >= 0.3 is 0 Å². The van der Waals surface area contributed by atoms with Gasteiger partial charge in [0.1, 0.15) is 0 Å². The molecule has 0 aromatic carbocycles. The van der Waals surface area contributed by atoms with Crippen LogP contribution in [0.25, 0.3) is 0 Å². The first-order valence-corrected chi connectivity index (χ1v) is 9.36. The lowest BCUT2D eigenvalue weighted by Gasteiger charge is -2.33. The van der Waals surface area contributed by atoms with Crippen LogP contribution in [-0.2, 0) is 21.3 Å². The minimum Gasteiger partial charge on any atom is -0.381 e. The number of carbonyl (C=O) groups excluding carboxylic acids is 1. The summed E-state index contributed by atoms with van der Waals surface area (Å²) in [4.78, 5) is 30.4. The van der Waals surface area contributed by atoms with Crippen molar-refractivity contribution in [1.82, 2.24) is 14.5 Å². The Bertz CT molecular complexity index is 657. The number of morpholine rings is 1. The second kappa shape index (κ2) is 9.14. The molecule has 0 unspecified atom stereocenters. The highest BCUT2D eigenvalue weighted by Gasteiger charge is 2.25. The van der Waals surface area contributed by atoms with Crippen LogP contribution in [0.4, 0.5) is 5.82 Å². The van der Waals surface area contributed by atoms with Crippen LogP contribution in [0, 0.1) is 5.92 Å². The minimum absolute atomic E-state index is 0.137. The van der Waals surface area contributed by atoms with Gasteiger partial charge in [0.05, 0.1) is 12.7 Å². The molecule has 3 heterocycles. The van der Waals surface area contributed by atoms with Crippen LogP contribution in [0.3, 0.4) is 0 Å². The lowest BCUT2D eigenvalue weighted by atomic mass is 9.94. The first kappa shape index (κ1) is 18.8. The zero-order valence-electron chi connectivity index (χ0n) is 15.4. The third-order valence-corrected chi connectivity index (χ3v) is 5.11. The van der Waals surface area contributed by atoms with Crippen molar-refractivity contribution in [3.63, 3.8) is 0 Å². The van der Waals surface area contributed by atoms with Crippen LogP contribution in [0.2, 0.25) is 0 Å². The van der Waals surface area contributed by atoms with Crippen molar-refractivity contribution >= 4 is 11.7 Å². The van der Waals surface area contributed by atoms with Crippen molar-refractivity contribution in [3.05, 3.63) is 22.7 Å². The summed E-state index contributed by atoms with van der Waals surface area (Å²) < 4.78 is 12.6. The maximum Gasteiger partial charge on any atom is 0.293 e. The second-order valence-electron chi connectivity index (χ2n) is 7.00. The molecule has 0 radical (unpaired) electrons. The number of anilines is 1. The van der Waals surface area contributed by atoms with Crippen molar-refractivity contribution < 1.29 is 14.3 Å². The summed E-state index contributed by atoms with van der Waals surface area (Å²) in [5, 5.41) is 3.05. The van der Waals surface area contributed by atoms with E-state index in [0.717, 1.165) is 32.5 Å². The van der Waals surface area contributed by atoms with E-state index in [1.54, 1.807) is 19.4 Å². The van der Waals surface area contributed by atoms with Gasteiger partial charge in [-0.2, -0.15) is 0 Å². The molecule has 2 fully saturated rings. The van der Waals surface area contributed by atoms with Crippen LogP contribution < -0.4 is 10.9 Å². The summed E-state index contributed by atoms with van der Waals surface area (Å²) in [6.45, 7) is 3.79. The monoisotopic (exact) mass is 364 g/mol. The number of aryl methyl sites for hydroxylation is 1. The number of nitrogens with zero attached hydrogens (tertiary/aromatic N) is 3. The Labute approximate surface area is 153 Å². The summed E-state index contributed by atoms with van der Waals surface area (Å²) in [5.41, 5.74) is -0.173. The summed E-state index contributed by atoms with van der Waals surface area (Å²) in [6.07, 6.45) is 6.70. The lowest BCUT2D eigenvalue weighted by molar-refractivity contribution is -0.138. The van der Waals surface area contributed by atoms with Crippen molar-refractivity contribution in [2.75, 3.05) is 44.8 Å². The Balaban J connectivity index is 1.45. The first-order chi connectivity index (χ1) is 12.6. The predicted molar refractivity (Wildman–Crippen MR) is 97.1 cm³/mol. The first-order valence-electron chi connectivity index (χ1n) is 9.36. The number of nitrogens with one attached hydrogen (secondary N) is 1. The molecule has 0 aliphatic carbocycles. The number of ether oxygens (including phenoxy) is 2. The molecule has 1 N–H and O–H groups in total. The average molecular weight is 364 g/mol. The highest BCUT2D eigenvalue weighted by molar-refractivity contribution is 5.76. The molecule has 2 saturated heterocycles. The SMILES string of the molecule is Cn1ccnc(NC[C@H]2CN(C(=O)CCC3CCOCC3)CCO2)c1=O. The van der Waals surface area contributed by atoms with Crippen LogP contribution in [0.5, 0.6) is 0 Å². The van der Waals surface area contributed by atoms with Gasteiger partial charge in [0.25, 0.3) is 5.56 Å². The molecule has 0 spiro atoms. The Morgan fingerprint density at radius 3 is 2.96 bits per heavy atom. The second-order valence-corrected chi connectivity index (χ2v) is 7.00. The molecule has 1 atom stereocenters. The van der Waals surface area contributed by atoms with Gasteiger partial charge in [0.2, 0.25) is 5.91 Å². The average Bonchev–Trinajstić information content (AvgIpc) is 2.68. The van der Waals surface area contributed by atoms with E-state index in [2.05, 4.69) is 10.3 Å². The molecule has 3 rings (SSSR count). The topological polar surface area (TPSA) is 85.7 Å².